The third kappa shape index (κ3) is 3.19. The lowest BCUT2D eigenvalue weighted by atomic mass is 10.3. The minimum absolute atomic E-state index is 0.0158. The Labute approximate surface area is 109 Å². The topological polar surface area (TPSA) is 90.4 Å². The normalized spacial score (nSPS) is 12.5. The molecule has 0 saturated carbocycles. The number of aromatic nitrogens is 1. The molecule has 7 heteroatoms. The van der Waals surface area contributed by atoms with Crippen LogP contribution in [0.2, 0.25) is 0 Å². The van der Waals surface area contributed by atoms with Crippen LogP contribution in [0, 0.1) is 10.1 Å². The fraction of sp³-hybridized carbons (Fsp3) is 0.417. The number of nitrogens with one attached hydrogen (secondary N) is 1. The number of nitro groups is 1. The summed E-state index contributed by atoms with van der Waals surface area (Å²) >= 11 is 0. The van der Waals surface area contributed by atoms with Gasteiger partial charge in [0.1, 0.15) is 5.52 Å². The molecule has 2 rings (SSSR count). The summed E-state index contributed by atoms with van der Waals surface area (Å²) in [7, 11) is 0. The van der Waals surface area contributed by atoms with Crippen LogP contribution in [0.15, 0.2) is 22.6 Å². The lowest BCUT2D eigenvalue weighted by molar-refractivity contribution is -0.384. The van der Waals surface area contributed by atoms with Crippen molar-refractivity contribution in [2.24, 2.45) is 0 Å². The number of benzene rings is 1. The van der Waals surface area contributed by atoms with Gasteiger partial charge in [0, 0.05) is 19.2 Å². The van der Waals surface area contributed by atoms with Crippen LogP contribution in [-0.2, 0) is 4.74 Å². The predicted molar refractivity (Wildman–Crippen MR) is 70.2 cm³/mol. The molecule has 1 aromatic carbocycles. The summed E-state index contributed by atoms with van der Waals surface area (Å²) in [5.74, 6) is 0. The quantitative estimate of drug-likeness (QED) is 0.637. The number of hydrogen-bond acceptors (Lipinski definition) is 6. The Bertz CT molecular complexity index is 581. The smallest absolute Gasteiger partial charge is 0.295 e. The number of anilines is 1. The Hall–Kier alpha value is -2.15. The summed E-state index contributed by atoms with van der Waals surface area (Å²) in [5, 5.41) is 13.6. The molecular weight excluding hydrogens is 250 g/mol. The van der Waals surface area contributed by atoms with Gasteiger partial charge in [-0.05, 0) is 19.9 Å². The fourth-order valence-corrected chi connectivity index (χ4v) is 1.68. The highest BCUT2D eigenvalue weighted by Gasteiger charge is 2.12. The molecule has 0 fully saturated rings. The van der Waals surface area contributed by atoms with E-state index in [2.05, 4.69) is 10.3 Å². The Balaban J connectivity index is 2.11. The molecule has 0 radical (unpaired) electrons. The molecule has 1 N–H and O–H groups in total. The molecule has 1 unspecified atom stereocenters. The van der Waals surface area contributed by atoms with Crippen LogP contribution in [0.25, 0.3) is 11.1 Å². The molecule has 0 aliphatic heterocycles. The van der Waals surface area contributed by atoms with Crippen LogP contribution in [0.1, 0.15) is 13.8 Å². The molecule has 1 heterocycles. The molecular formula is C12H15N3O4. The van der Waals surface area contributed by atoms with Gasteiger partial charge in [-0.1, -0.05) is 0 Å². The van der Waals surface area contributed by atoms with Crippen LogP contribution < -0.4 is 5.32 Å². The molecule has 2 aromatic rings. The minimum atomic E-state index is -0.466. The number of nitrogens with zero attached hydrogens (tertiary/aromatic N) is 2. The van der Waals surface area contributed by atoms with Gasteiger partial charge in [-0.15, -0.1) is 0 Å². The Morgan fingerprint density at radius 3 is 3.05 bits per heavy atom. The monoisotopic (exact) mass is 265 g/mol. The number of nitro benzene ring substituents is 1. The number of rotatable bonds is 6. The second-order valence-corrected chi connectivity index (χ2v) is 4.08. The summed E-state index contributed by atoms with van der Waals surface area (Å²) in [6.07, 6.45) is 0.0364. The van der Waals surface area contributed by atoms with E-state index in [4.69, 9.17) is 9.15 Å². The number of fused-ring (bicyclic) bond motifs is 1. The number of ether oxygens (including phenoxy) is 1. The Kier molecular flexibility index (Phi) is 3.96. The lowest BCUT2D eigenvalue weighted by Crippen LogP contribution is -2.19. The highest BCUT2D eigenvalue weighted by atomic mass is 16.6. The molecule has 0 saturated heterocycles. The molecule has 0 amide bonds. The van der Waals surface area contributed by atoms with Gasteiger partial charge in [0.05, 0.1) is 17.1 Å². The van der Waals surface area contributed by atoms with Gasteiger partial charge >= 0.3 is 0 Å². The van der Waals surface area contributed by atoms with E-state index in [9.17, 15) is 10.1 Å². The van der Waals surface area contributed by atoms with Crippen molar-refractivity contribution in [3.63, 3.8) is 0 Å². The highest BCUT2D eigenvalue weighted by molar-refractivity contribution is 5.77. The number of oxazole rings is 1. The highest BCUT2D eigenvalue weighted by Crippen LogP contribution is 2.23. The largest absolute Gasteiger partial charge is 0.423 e. The van der Waals surface area contributed by atoms with Gasteiger partial charge in [0.2, 0.25) is 0 Å². The first kappa shape index (κ1) is 13.3. The minimum Gasteiger partial charge on any atom is -0.423 e. The maximum atomic E-state index is 10.6. The first-order valence-corrected chi connectivity index (χ1v) is 6.00. The molecule has 1 atom stereocenters. The van der Waals surface area contributed by atoms with E-state index in [0.717, 1.165) is 0 Å². The predicted octanol–water partition coefficient (Wildman–Crippen LogP) is 2.57. The first-order chi connectivity index (χ1) is 9.10. The van der Waals surface area contributed by atoms with Crippen LogP contribution in [0.5, 0.6) is 0 Å². The van der Waals surface area contributed by atoms with Gasteiger partial charge in [0.25, 0.3) is 11.7 Å². The van der Waals surface area contributed by atoms with Crippen molar-refractivity contribution in [1.82, 2.24) is 4.98 Å². The number of hydrogen-bond donors (Lipinski definition) is 1. The van der Waals surface area contributed by atoms with Crippen molar-refractivity contribution in [1.29, 1.82) is 0 Å². The van der Waals surface area contributed by atoms with E-state index in [-0.39, 0.29) is 11.8 Å². The van der Waals surface area contributed by atoms with Crippen molar-refractivity contribution in [2.75, 3.05) is 18.5 Å². The zero-order chi connectivity index (χ0) is 13.8. The van der Waals surface area contributed by atoms with Gasteiger partial charge in [0.15, 0.2) is 5.58 Å². The molecule has 0 aliphatic rings. The van der Waals surface area contributed by atoms with E-state index in [1.54, 1.807) is 6.07 Å². The first-order valence-electron chi connectivity index (χ1n) is 6.00. The molecule has 1 aromatic heterocycles. The van der Waals surface area contributed by atoms with E-state index < -0.39 is 4.92 Å². The third-order valence-electron chi connectivity index (χ3n) is 2.57. The third-order valence-corrected chi connectivity index (χ3v) is 2.57. The van der Waals surface area contributed by atoms with Crippen LogP contribution in [-0.4, -0.2) is 29.2 Å². The van der Waals surface area contributed by atoms with Gasteiger partial charge in [-0.25, -0.2) is 0 Å². The van der Waals surface area contributed by atoms with Crippen molar-refractivity contribution < 1.29 is 14.1 Å². The van der Waals surface area contributed by atoms with Crippen LogP contribution >= 0.6 is 0 Å². The molecule has 19 heavy (non-hydrogen) atoms. The van der Waals surface area contributed by atoms with E-state index in [1.807, 2.05) is 13.8 Å². The summed E-state index contributed by atoms with van der Waals surface area (Å²) in [6.45, 7) is 5.06. The average molecular weight is 265 g/mol. The maximum absolute atomic E-state index is 10.6. The Morgan fingerprint density at radius 2 is 2.37 bits per heavy atom. The van der Waals surface area contributed by atoms with Crippen LogP contribution in [0.3, 0.4) is 0 Å². The zero-order valence-electron chi connectivity index (χ0n) is 10.8. The van der Waals surface area contributed by atoms with Crippen molar-refractivity contribution in [2.45, 2.75) is 20.0 Å². The second-order valence-electron chi connectivity index (χ2n) is 4.08. The lowest BCUT2D eigenvalue weighted by Gasteiger charge is -2.10. The summed E-state index contributed by atoms with van der Waals surface area (Å²) < 4.78 is 10.8. The van der Waals surface area contributed by atoms with Gasteiger partial charge in [-0.2, -0.15) is 4.98 Å². The Morgan fingerprint density at radius 1 is 1.58 bits per heavy atom. The van der Waals surface area contributed by atoms with Crippen molar-refractivity contribution in [3.05, 3.63) is 28.3 Å². The second kappa shape index (κ2) is 5.66. The van der Waals surface area contributed by atoms with E-state index >= 15 is 0 Å². The van der Waals surface area contributed by atoms with Crippen molar-refractivity contribution >= 4 is 22.8 Å². The molecule has 0 aliphatic carbocycles. The van der Waals surface area contributed by atoms with E-state index in [1.165, 1.54) is 12.1 Å². The van der Waals surface area contributed by atoms with Crippen molar-refractivity contribution in [3.8, 4) is 0 Å². The van der Waals surface area contributed by atoms with Crippen LogP contribution in [0.4, 0.5) is 11.7 Å². The standard InChI is InChI=1S/C12H15N3O4/c1-3-18-8(2)7-13-12-14-10-5-4-9(15(16)17)6-11(10)19-12/h4-6,8H,3,7H2,1-2H3,(H,13,14). The fourth-order valence-electron chi connectivity index (χ4n) is 1.68. The zero-order valence-corrected chi connectivity index (χ0v) is 10.8. The summed E-state index contributed by atoms with van der Waals surface area (Å²) in [4.78, 5) is 14.4. The molecule has 102 valence electrons. The maximum Gasteiger partial charge on any atom is 0.295 e. The SMILES string of the molecule is CCOC(C)CNc1nc2ccc([N+](=O)[O-])cc2o1. The molecule has 0 bridgehead atoms. The molecule has 7 nitrogen and oxygen atoms in total. The molecule has 0 spiro atoms. The average Bonchev–Trinajstić information content (AvgIpc) is 2.78. The van der Waals surface area contributed by atoms with Gasteiger partial charge < -0.3 is 14.5 Å². The number of non-ortho nitro benzene ring substituents is 1. The van der Waals surface area contributed by atoms with Gasteiger partial charge in [-0.3, -0.25) is 10.1 Å². The van der Waals surface area contributed by atoms with E-state index in [0.29, 0.717) is 30.3 Å². The summed E-state index contributed by atoms with van der Waals surface area (Å²) in [5.41, 5.74) is 0.954. The summed E-state index contributed by atoms with van der Waals surface area (Å²) in [6, 6.07) is 4.66.